The van der Waals surface area contributed by atoms with Gasteiger partial charge < -0.3 is 19.7 Å². The maximum Gasteiger partial charge on any atom is 0.267 e. The fourth-order valence-corrected chi connectivity index (χ4v) is 2.17. The number of rotatable bonds is 1. The van der Waals surface area contributed by atoms with Crippen LogP contribution in [0.15, 0.2) is 24.3 Å². The SMILES string of the molecule is O=C1CN(C(=O)[C@H]2COc3ccccc3O2)CCN1. The lowest BCUT2D eigenvalue weighted by Crippen LogP contribution is -2.55. The lowest BCUT2D eigenvalue weighted by atomic mass is 10.2. The Morgan fingerprint density at radius 3 is 2.89 bits per heavy atom. The molecule has 0 radical (unpaired) electrons. The topological polar surface area (TPSA) is 67.9 Å². The molecule has 0 aromatic heterocycles. The zero-order valence-corrected chi connectivity index (χ0v) is 10.3. The molecule has 1 saturated heterocycles. The summed E-state index contributed by atoms with van der Waals surface area (Å²) in [5.74, 6) is 0.859. The van der Waals surface area contributed by atoms with Crippen LogP contribution < -0.4 is 14.8 Å². The summed E-state index contributed by atoms with van der Waals surface area (Å²) in [5, 5.41) is 2.68. The average molecular weight is 262 g/mol. The molecule has 6 heteroatoms. The monoisotopic (exact) mass is 262 g/mol. The summed E-state index contributed by atoms with van der Waals surface area (Å²) in [6.45, 7) is 1.25. The van der Waals surface area contributed by atoms with Gasteiger partial charge in [-0.3, -0.25) is 9.59 Å². The van der Waals surface area contributed by atoms with Gasteiger partial charge in [0.05, 0.1) is 6.54 Å². The van der Waals surface area contributed by atoms with Crippen molar-refractivity contribution in [1.29, 1.82) is 0 Å². The van der Waals surface area contributed by atoms with Crippen LogP contribution in [0, 0.1) is 0 Å². The van der Waals surface area contributed by atoms with Gasteiger partial charge in [-0.15, -0.1) is 0 Å². The summed E-state index contributed by atoms with van der Waals surface area (Å²) in [7, 11) is 0. The molecule has 1 aromatic carbocycles. The summed E-state index contributed by atoms with van der Waals surface area (Å²) in [6.07, 6.45) is -0.680. The normalized spacial score (nSPS) is 21.8. The lowest BCUT2D eigenvalue weighted by Gasteiger charge is -2.32. The van der Waals surface area contributed by atoms with Crippen LogP contribution in [-0.2, 0) is 9.59 Å². The van der Waals surface area contributed by atoms with Gasteiger partial charge in [0, 0.05) is 13.1 Å². The van der Waals surface area contributed by atoms with Gasteiger partial charge in [0.1, 0.15) is 6.61 Å². The Kier molecular flexibility index (Phi) is 2.98. The van der Waals surface area contributed by atoms with Crippen molar-refractivity contribution in [2.45, 2.75) is 6.10 Å². The molecule has 2 heterocycles. The summed E-state index contributed by atoms with van der Waals surface area (Å²) in [5.41, 5.74) is 0. The molecule has 1 fully saturated rings. The first-order valence-corrected chi connectivity index (χ1v) is 6.18. The number of para-hydroxylation sites is 2. The maximum absolute atomic E-state index is 12.2. The number of hydrogen-bond donors (Lipinski definition) is 1. The number of hydrogen-bond acceptors (Lipinski definition) is 4. The van der Waals surface area contributed by atoms with Crippen LogP contribution in [-0.4, -0.2) is 49.1 Å². The number of carbonyl (C=O) groups is 2. The number of fused-ring (bicyclic) bond motifs is 1. The number of nitrogens with zero attached hydrogens (tertiary/aromatic N) is 1. The van der Waals surface area contributed by atoms with Crippen molar-refractivity contribution < 1.29 is 19.1 Å². The molecule has 0 unspecified atom stereocenters. The molecule has 2 amide bonds. The Morgan fingerprint density at radius 2 is 2.11 bits per heavy atom. The minimum atomic E-state index is -0.680. The first-order chi connectivity index (χ1) is 9.24. The predicted octanol–water partition coefficient (Wildman–Crippen LogP) is -0.215. The maximum atomic E-state index is 12.2. The molecule has 1 aromatic rings. The highest BCUT2D eigenvalue weighted by atomic mass is 16.6. The number of ether oxygens (including phenoxy) is 2. The molecule has 0 bridgehead atoms. The van der Waals surface area contributed by atoms with Gasteiger partial charge in [-0.25, -0.2) is 0 Å². The molecule has 100 valence electrons. The van der Waals surface area contributed by atoms with E-state index in [-0.39, 0.29) is 25.0 Å². The van der Waals surface area contributed by atoms with Crippen LogP contribution in [0.5, 0.6) is 11.5 Å². The Hall–Kier alpha value is -2.24. The highest BCUT2D eigenvalue weighted by Gasteiger charge is 2.32. The van der Waals surface area contributed by atoms with Gasteiger partial charge in [-0.2, -0.15) is 0 Å². The van der Waals surface area contributed by atoms with Crippen LogP contribution in [0.1, 0.15) is 0 Å². The van der Waals surface area contributed by atoms with Crippen molar-refractivity contribution in [3.05, 3.63) is 24.3 Å². The highest BCUT2D eigenvalue weighted by molar-refractivity contribution is 5.88. The molecule has 3 rings (SSSR count). The van der Waals surface area contributed by atoms with E-state index in [2.05, 4.69) is 5.32 Å². The Bertz CT molecular complexity index is 517. The summed E-state index contributed by atoms with van der Waals surface area (Å²) < 4.78 is 11.1. The van der Waals surface area contributed by atoms with Crippen molar-refractivity contribution in [2.24, 2.45) is 0 Å². The molecule has 2 aliphatic heterocycles. The summed E-state index contributed by atoms with van der Waals surface area (Å²) >= 11 is 0. The highest BCUT2D eigenvalue weighted by Crippen LogP contribution is 2.31. The first kappa shape index (κ1) is 11.8. The fourth-order valence-electron chi connectivity index (χ4n) is 2.17. The Balaban J connectivity index is 1.70. The van der Waals surface area contributed by atoms with Gasteiger partial charge in [-0.05, 0) is 12.1 Å². The second kappa shape index (κ2) is 4.79. The molecule has 1 atom stereocenters. The van der Waals surface area contributed by atoms with Gasteiger partial charge in [0.15, 0.2) is 11.5 Å². The molecule has 0 spiro atoms. The van der Waals surface area contributed by atoms with Crippen molar-refractivity contribution in [2.75, 3.05) is 26.2 Å². The second-order valence-corrected chi connectivity index (χ2v) is 4.47. The molecule has 19 heavy (non-hydrogen) atoms. The minimum Gasteiger partial charge on any atom is -0.485 e. The van der Waals surface area contributed by atoms with E-state index in [1.807, 2.05) is 12.1 Å². The number of nitrogens with one attached hydrogen (secondary N) is 1. The molecular formula is C13H14N2O4. The molecule has 0 aliphatic carbocycles. The van der Waals surface area contributed by atoms with E-state index in [0.717, 1.165) is 0 Å². The Labute approximate surface area is 110 Å². The number of carbonyl (C=O) groups excluding carboxylic acids is 2. The van der Waals surface area contributed by atoms with Crippen LogP contribution in [0.4, 0.5) is 0 Å². The van der Waals surface area contributed by atoms with Gasteiger partial charge in [-0.1, -0.05) is 12.1 Å². The fraction of sp³-hybridized carbons (Fsp3) is 0.385. The zero-order valence-electron chi connectivity index (χ0n) is 10.3. The lowest BCUT2D eigenvalue weighted by molar-refractivity contribution is -0.145. The molecule has 2 aliphatic rings. The van der Waals surface area contributed by atoms with E-state index in [1.54, 1.807) is 12.1 Å². The minimum absolute atomic E-state index is 0.0837. The van der Waals surface area contributed by atoms with Crippen LogP contribution in [0.2, 0.25) is 0 Å². The zero-order chi connectivity index (χ0) is 13.2. The average Bonchev–Trinajstić information content (AvgIpc) is 2.46. The third kappa shape index (κ3) is 2.33. The quantitative estimate of drug-likeness (QED) is 0.760. The standard InChI is InChI=1S/C13H14N2O4/c16-12-7-15(6-5-14-12)13(17)11-8-18-9-3-1-2-4-10(9)19-11/h1-4,11H,5-8H2,(H,14,16)/t11-/m1/s1. The van der Waals surface area contributed by atoms with Crippen LogP contribution >= 0.6 is 0 Å². The van der Waals surface area contributed by atoms with Crippen molar-refractivity contribution >= 4 is 11.8 Å². The largest absolute Gasteiger partial charge is 0.485 e. The first-order valence-electron chi connectivity index (χ1n) is 6.18. The molecule has 1 N–H and O–H groups in total. The van der Waals surface area contributed by atoms with E-state index < -0.39 is 6.10 Å². The van der Waals surface area contributed by atoms with Crippen LogP contribution in [0.25, 0.3) is 0 Å². The van der Waals surface area contributed by atoms with E-state index in [9.17, 15) is 9.59 Å². The van der Waals surface area contributed by atoms with Crippen molar-refractivity contribution in [1.82, 2.24) is 10.2 Å². The summed E-state index contributed by atoms with van der Waals surface area (Å²) in [4.78, 5) is 25.0. The number of piperazine rings is 1. The Morgan fingerprint density at radius 1 is 1.32 bits per heavy atom. The van der Waals surface area contributed by atoms with E-state index in [4.69, 9.17) is 9.47 Å². The number of amides is 2. The van der Waals surface area contributed by atoms with Crippen molar-refractivity contribution in [3.63, 3.8) is 0 Å². The van der Waals surface area contributed by atoms with E-state index in [1.165, 1.54) is 4.90 Å². The molecule has 6 nitrogen and oxygen atoms in total. The smallest absolute Gasteiger partial charge is 0.267 e. The predicted molar refractivity (Wildman–Crippen MR) is 65.9 cm³/mol. The molecular weight excluding hydrogens is 248 g/mol. The second-order valence-electron chi connectivity index (χ2n) is 4.47. The van der Waals surface area contributed by atoms with Gasteiger partial charge in [0.2, 0.25) is 12.0 Å². The molecule has 0 saturated carbocycles. The number of benzene rings is 1. The van der Waals surface area contributed by atoms with E-state index >= 15 is 0 Å². The van der Waals surface area contributed by atoms with Crippen LogP contribution in [0.3, 0.4) is 0 Å². The van der Waals surface area contributed by atoms with Gasteiger partial charge in [0.25, 0.3) is 5.91 Å². The third-order valence-corrected chi connectivity index (χ3v) is 3.13. The summed E-state index contributed by atoms with van der Waals surface area (Å²) in [6, 6.07) is 7.23. The van der Waals surface area contributed by atoms with E-state index in [0.29, 0.717) is 24.6 Å². The van der Waals surface area contributed by atoms with Gasteiger partial charge >= 0.3 is 0 Å². The third-order valence-electron chi connectivity index (χ3n) is 3.13. The van der Waals surface area contributed by atoms with Crippen molar-refractivity contribution in [3.8, 4) is 11.5 Å².